The lowest BCUT2D eigenvalue weighted by Gasteiger charge is -2.19. The molecule has 0 aliphatic heterocycles. The average molecular weight is 500 g/mol. The Balaban J connectivity index is 1.67. The highest BCUT2D eigenvalue weighted by molar-refractivity contribution is 6.22. The molecule has 12 heteroatoms. The van der Waals surface area contributed by atoms with Crippen molar-refractivity contribution in [2.24, 2.45) is 5.73 Å². The fourth-order valence-corrected chi connectivity index (χ4v) is 3.33. The number of nitrogens with two attached hydrogens (primary N) is 1. The number of primary amides is 1. The Morgan fingerprint density at radius 2 is 1.81 bits per heavy atom. The molecule has 36 heavy (non-hydrogen) atoms. The van der Waals surface area contributed by atoms with Crippen LogP contribution in [-0.4, -0.2) is 42.2 Å². The van der Waals surface area contributed by atoms with E-state index >= 15 is 0 Å². The summed E-state index contributed by atoms with van der Waals surface area (Å²) >= 11 is 0. The third kappa shape index (κ3) is 5.93. The average Bonchev–Trinajstić information content (AvgIpc) is 3.53. The van der Waals surface area contributed by atoms with E-state index in [4.69, 9.17) is 10.5 Å². The first-order chi connectivity index (χ1) is 16.8. The molecule has 0 bridgehead atoms. The van der Waals surface area contributed by atoms with Crippen LogP contribution in [0.2, 0.25) is 0 Å². The maximum absolute atomic E-state index is 13.4. The van der Waals surface area contributed by atoms with Crippen LogP contribution < -0.4 is 5.73 Å². The molecule has 4 rings (SSSR count). The van der Waals surface area contributed by atoms with Crippen LogP contribution >= 0.6 is 0 Å². The Labute approximate surface area is 204 Å². The van der Waals surface area contributed by atoms with Crippen molar-refractivity contribution < 1.29 is 27.5 Å². The summed E-state index contributed by atoms with van der Waals surface area (Å²) in [5.74, 6) is -1.47. The molecule has 1 aliphatic carbocycles. The lowest BCUT2D eigenvalue weighted by atomic mass is 10.1. The highest BCUT2D eigenvalue weighted by atomic mass is 19.4. The van der Waals surface area contributed by atoms with E-state index in [1.807, 2.05) is 0 Å². The molecule has 3 aromatic heterocycles. The van der Waals surface area contributed by atoms with E-state index in [0.717, 1.165) is 23.6 Å². The van der Waals surface area contributed by atoms with Crippen LogP contribution in [0.15, 0.2) is 36.9 Å². The Kier molecular flexibility index (Phi) is 6.37. The van der Waals surface area contributed by atoms with Gasteiger partial charge in [0, 0.05) is 41.3 Å². The summed E-state index contributed by atoms with van der Waals surface area (Å²) in [4.78, 5) is 36.4. The van der Waals surface area contributed by atoms with Crippen molar-refractivity contribution in [2.45, 2.75) is 51.3 Å². The summed E-state index contributed by atoms with van der Waals surface area (Å²) in [5, 5.41) is 4.19. The van der Waals surface area contributed by atoms with E-state index in [9.17, 15) is 22.8 Å². The summed E-state index contributed by atoms with van der Waals surface area (Å²) in [5.41, 5.74) is 4.58. The number of rotatable bonds is 6. The number of halogens is 3. The molecule has 1 fully saturated rings. The molecule has 1 aliphatic rings. The largest absolute Gasteiger partial charge is 0.456 e. The maximum Gasteiger partial charge on any atom is 0.433 e. The number of alkyl halides is 3. The highest BCUT2D eigenvalue weighted by Crippen LogP contribution is 2.41. The third-order valence-corrected chi connectivity index (χ3v) is 5.11. The molecule has 0 aromatic carbocycles. The molecule has 1 saturated carbocycles. The van der Waals surface area contributed by atoms with Gasteiger partial charge >= 0.3 is 12.1 Å². The van der Waals surface area contributed by atoms with Crippen LogP contribution in [0.25, 0.3) is 23.2 Å². The van der Waals surface area contributed by atoms with Crippen molar-refractivity contribution in [3.8, 4) is 11.4 Å². The summed E-state index contributed by atoms with van der Waals surface area (Å²) in [6.45, 7) is 5.15. The minimum atomic E-state index is -4.62. The zero-order chi connectivity index (χ0) is 26.3. The summed E-state index contributed by atoms with van der Waals surface area (Å²) in [6, 6.07) is 3.83. The monoisotopic (exact) mass is 500 g/mol. The SMILES string of the molecule is CC(C)(C)OC(=O)c1cncc(/C(=C\n2cnc(-c3cc(C4CC4)nc(C(F)(F)F)c3)n2)C(N)=O)c1. The molecule has 0 saturated heterocycles. The molecular weight excluding hydrogens is 477 g/mol. The number of esters is 1. The van der Waals surface area contributed by atoms with Gasteiger partial charge in [-0.15, -0.1) is 5.10 Å². The van der Waals surface area contributed by atoms with E-state index in [2.05, 4.69) is 20.1 Å². The van der Waals surface area contributed by atoms with E-state index < -0.39 is 29.3 Å². The number of hydrogen-bond acceptors (Lipinski definition) is 7. The van der Waals surface area contributed by atoms with Gasteiger partial charge in [-0.2, -0.15) is 13.2 Å². The molecule has 0 atom stereocenters. The molecule has 3 heterocycles. The van der Waals surface area contributed by atoms with E-state index in [1.54, 1.807) is 26.8 Å². The van der Waals surface area contributed by atoms with Crippen LogP contribution in [0.4, 0.5) is 13.2 Å². The number of hydrogen-bond donors (Lipinski definition) is 1. The second kappa shape index (κ2) is 9.17. The summed E-state index contributed by atoms with van der Waals surface area (Å²) < 4.78 is 46.6. The Hall–Kier alpha value is -4.09. The van der Waals surface area contributed by atoms with Gasteiger partial charge in [0.1, 0.15) is 17.6 Å². The molecule has 0 unspecified atom stereocenters. The first-order valence-electron chi connectivity index (χ1n) is 11.0. The number of pyridine rings is 2. The smallest absolute Gasteiger partial charge is 0.433 e. The van der Waals surface area contributed by atoms with Crippen LogP contribution in [0.1, 0.15) is 66.8 Å². The van der Waals surface area contributed by atoms with E-state index in [1.165, 1.54) is 31.0 Å². The van der Waals surface area contributed by atoms with Crippen molar-refractivity contribution in [3.63, 3.8) is 0 Å². The fraction of sp³-hybridized carbons (Fsp3) is 0.333. The van der Waals surface area contributed by atoms with Crippen molar-refractivity contribution in [1.29, 1.82) is 0 Å². The zero-order valence-corrected chi connectivity index (χ0v) is 19.7. The number of ether oxygens (including phenoxy) is 1. The van der Waals surface area contributed by atoms with Gasteiger partial charge in [-0.25, -0.2) is 19.4 Å². The van der Waals surface area contributed by atoms with E-state index in [-0.39, 0.29) is 34.0 Å². The quantitative estimate of drug-likeness (QED) is 0.399. The summed E-state index contributed by atoms with van der Waals surface area (Å²) in [6.07, 6.45) is 2.04. The Morgan fingerprint density at radius 3 is 2.42 bits per heavy atom. The zero-order valence-electron chi connectivity index (χ0n) is 19.7. The molecule has 2 N–H and O–H groups in total. The standard InChI is InChI=1S/C24H23F3N6O3/c1-23(2,3)36-22(35)16-6-15(9-29-10-16)17(20(28)34)11-33-12-30-21(32-33)14-7-18(13-4-5-13)31-19(8-14)24(25,26)27/h6-13H,4-5H2,1-3H3,(H2,28,34)/b17-11+. The second-order valence-corrected chi connectivity index (χ2v) is 9.36. The molecule has 3 aromatic rings. The molecule has 0 spiro atoms. The number of carbonyl (C=O) groups is 2. The maximum atomic E-state index is 13.4. The number of nitrogens with zero attached hydrogens (tertiary/aromatic N) is 5. The van der Waals surface area contributed by atoms with Crippen molar-refractivity contribution >= 4 is 23.6 Å². The van der Waals surface area contributed by atoms with E-state index in [0.29, 0.717) is 5.69 Å². The predicted molar refractivity (Wildman–Crippen MR) is 123 cm³/mol. The Morgan fingerprint density at radius 1 is 1.11 bits per heavy atom. The van der Waals surface area contributed by atoms with Crippen molar-refractivity contribution in [1.82, 2.24) is 24.7 Å². The summed E-state index contributed by atoms with van der Waals surface area (Å²) in [7, 11) is 0. The van der Waals surface area contributed by atoms with Gasteiger partial charge in [0.2, 0.25) is 0 Å². The first-order valence-corrected chi connectivity index (χ1v) is 11.0. The predicted octanol–water partition coefficient (Wildman–Crippen LogP) is 4.07. The van der Waals surface area contributed by atoms with Crippen molar-refractivity contribution in [2.75, 3.05) is 0 Å². The van der Waals surface area contributed by atoms with Crippen LogP contribution in [0.3, 0.4) is 0 Å². The fourth-order valence-electron chi connectivity index (χ4n) is 3.33. The minimum Gasteiger partial charge on any atom is -0.456 e. The number of amides is 1. The Bertz CT molecular complexity index is 1350. The van der Waals surface area contributed by atoms with Gasteiger partial charge < -0.3 is 10.5 Å². The molecule has 188 valence electrons. The van der Waals surface area contributed by atoms with Crippen LogP contribution in [0, 0.1) is 0 Å². The third-order valence-electron chi connectivity index (χ3n) is 5.11. The van der Waals surface area contributed by atoms with Crippen LogP contribution in [0.5, 0.6) is 0 Å². The normalized spacial score (nSPS) is 14.6. The number of aromatic nitrogens is 5. The highest BCUT2D eigenvalue weighted by Gasteiger charge is 2.35. The van der Waals surface area contributed by atoms with Gasteiger partial charge in [0.05, 0.1) is 11.1 Å². The van der Waals surface area contributed by atoms with Crippen LogP contribution in [-0.2, 0) is 15.7 Å². The molecule has 1 amide bonds. The topological polar surface area (TPSA) is 126 Å². The van der Waals surface area contributed by atoms with Gasteiger partial charge in [0.15, 0.2) is 5.82 Å². The molecular formula is C24H23F3N6O3. The van der Waals surface area contributed by atoms with Gasteiger partial charge in [0.25, 0.3) is 5.91 Å². The molecule has 0 radical (unpaired) electrons. The lowest BCUT2D eigenvalue weighted by molar-refractivity contribution is -0.141. The number of carbonyl (C=O) groups excluding carboxylic acids is 2. The van der Waals surface area contributed by atoms with Gasteiger partial charge in [-0.3, -0.25) is 9.78 Å². The minimum absolute atomic E-state index is 0.0146. The van der Waals surface area contributed by atoms with Crippen molar-refractivity contribution in [3.05, 3.63) is 59.4 Å². The lowest BCUT2D eigenvalue weighted by Crippen LogP contribution is -2.24. The van der Waals surface area contributed by atoms with Gasteiger partial charge in [-0.05, 0) is 51.8 Å². The first kappa shape index (κ1) is 25.0. The van der Waals surface area contributed by atoms with Gasteiger partial charge in [-0.1, -0.05) is 0 Å². The second-order valence-electron chi connectivity index (χ2n) is 9.36. The molecule has 9 nitrogen and oxygen atoms in total.